The van der Waals surface area contributed by atoms with Gasteiger partial charge >= 0.3 is 0 Å². The van der Waals surface area contributed by atoms with Gasteiger partial charge in [-0.1, -0.05) is 29.8 Å². The summed E-state index contributed by atoms with van der Waals surface area (Å²) in [5.41, 5.74) is 4.16. The monoisotopic (exact) mass is 1020 g/mol. The van der Waals surface area contributed by atoms with Crippen molar-refractivity contribution >= 4 is 79.8 Å². The zero-order valence-corrected chi connectivity index (χ0v) is 42.2. The number of aryl methyl sites for hydroxylation is 1. The van der Waals surface area contributed by atoms with Gasteiger partial charge in [-0.2, -0.15) is 4.98 Å². The van der Waals surface area contributed by atoms with Crippen LogP contribution in [0.5, 0.6) is 5.75 Å². The number of piperidine rings is 2. The summed E-state index contributed by atoms with van der Waals surface area (Å²) in [6, 6.07) is 14.6. The number of sulfone groups is 1. The molecule has 0 spiro atoms. The molecule has 1 unspecified atom stereocenters. The van der Waals surface area contributed by atoms with Gasteiger partial charge < -0.3 is 40.4 Å². The predicted octanol–water partition coefficient (Wildman–Crippen LogP) is 6.13. The second kappa shape index (κ2) is 23.8. The summed E-state index contributed by atoms with van der Waals surface area (Å²) in [5, 5.41) is 14.3. The highest BCUT2D eigenvalue weighted by Crippen LogP contribution is 2.39. The predicted molar refractivity (Wildman–Crippen MR) is 269 cm³/mol. The number of carbonyl (C=O) groups is 5. The van der Waals surface area contributed by atoms with Crippen molar-refractivity contribution in [3.63, 3.8) is 0 Å². The summed E-state index contributed by atoms with van der Waals surface area (Å²) in [6.45, 7) is 13.6. The number of nitrogens with zero attached hydrogens (tertiary/aromatic N) is 4. The Kier molecular flexibility index (Phi) is 17.7. The molecule has 2 saturated heterocycles. The van der Waals surface area contributed by atoms with E-state index in [0.29, 0.717) is 81.2 Å². The van der Waals surface area contributed by atoms with E-state index in [4.69, 9.17) is 25.8 Å². The lowest BCUT2D eigenvalue weighted by Crippen LogP contribution is -2.54. The Morgan fingerprint density at radius 1 is 0.873 bits per heavy atom. The van der Waals surface area contributed by atoms with E-state index in [1.807, 2.05) is 19.9 Å². The Balaban J connectivity index is 0.799. The number of carbonyl (C=O) groups excluding carboxylic acids is 5. The Labute approximate surface area is 419 Å². The van der Waals surface area contributed by atoms with Crippen molar-refractivity contribution in [3.8, 4) is 5.75 Å². The minimum Gasteiger partial charge on any atom is -0.489 e. The van der Waals surface area contributed by atoms with Crippen molar-refractivity contribution in [2.24, 2.45) is 0 Å². The van der Waals surface area contributed by atoms with Crippen LogP contribution in [0.1, 0.15) is 97.6 Å². The van der Waals surface area contributed by atoms with Gasteiger partial charge in [-0.25, -0.2) is 13.4 Å². The first kappa shape index (κ1) is 52.6. The number of para-hydroxylation sites is 1. The van der Waals surface area contributed by atoms with E-state index < -0.39 is 44.8 Å². The number of nitrogens with one attached hydrogen (secondary N) is 5. The second-order valence-electron chi connectivity index (χ2n) is 18.1. The zero-order chi connectivity index (χ0) is 50.8. The van der Waals surface area contributed by atoms with Crippen LogP contribution in [-0.4, -0.2) is 134 Å². The molecule has 0 radical (unpaired) electrons. The van der Waals surface area contributed by atoms with Crippen LogP contribution >= 0.6 is 11.6 Å². The van der Waals surface area contributed by atoms with E-state index in [0.717, 1.165) is 36.4 Å². The maximum Gasteiger partial charge on any atom is 0.264 e. The lowest BCUT2D eigenvalue weighted by atomic mass is 9.86. The fourth-order valence-corrected chi connectivity index (χ4v) is 10.1. The fraction of sp³-hybridized carbons (Fsp3) is 0.460. The molecule has 4 aromatic rings. The number of amides is 5. The quantitative estimate of drug-likeness (QED) is 0.0415. The van der Waals surface area contributed by atoms with Crippen LogP contribution in [0.3, 0.4) is 0 Å². The number of hydrogen-bond donors (Lipinski definition) is 5. The second-order valence-corrected chi connectivity index (χ2v) is 21.0. The lowest BCUT2D eigenvalue weighted by Gasteiger charge is -2.33. The molecule has 19 nitrogen and oxygen atoms in total. The molecule has 0 saturated carbocycles. The van der Waals surface area contributed by atoms with E-state index in [1.54, 1.807) is 56.3 Å². The van der Waals surface area contributed by atoms with Gasteiger partial charge in [0.15, 0.2) is 15.7 Å². The van der Waals surface area contributed by atoms with Gasteiger partial charge in [-0.05, 0) is 120 Å². The van der Waals surface area contributed by atoms with Crippen LogP contribution < -0.4 is 31.3 Å². The van der Waals surface area contributed by atoms with E-state index in [9.17, 15) is 32.4 Å². The number of fused-ring (bicyclic) bond motifs is 1. The molecule has 0 aliphatic carbocycles. The highest BCUT2D eigenvalue weighted by atomic mass is 35.5. The summed E-state index contributed by atoms with van der Waals surface area (Å²) < 4.78 is 43.8. The number of ether oxygens (including phenoxy) is 3. The molecule has 5 N–H and O–H groups in total. The molecule has 1 atom stereocenters. The topological polar surface area (TPSA) is 240 Å². The molecule has 0 bridgehead atoms. The highest BCUT2D eigenvalue weighted by molar-refractivity contribution is 7.92. The van der Waals surface area contributed by atoms with E-state index >= 15 is 0 Å². The number of benzene rings is 3. The average molecular weight is 1020 g/mol. The third kappa shape index (κ3) is 13.0. The number of imide groups is 2. The lowest BCUT2D eigenvalue weighted by molar-refractivity contribution is -0.136. The van der Waals surface area contributed by atoms with Crippen LogP contribution in [0, 0.1) is 6.92 Å². The smallest absolute Gasteiger partial charge is 0.264 e. The molecule has 3 aliphatic rings. The first-order valence-corrected chi connectivity index (χ1v) is 25.9. The molecule has 380 valence electrons. The van der Waals surface area contributed by atoms with Gasteiger partial charge in [0.2, 0.25) is 23.7 Å². The van der Waals surface area contributed by atoms with Gasteiger partial charge in [0.05, 0.1) is 71.4 Å². The number of halogens is 1. The van der Waals surface area contributed by atoms with Crippen molar-refractivity contribution < 1.29 is 46.6 Å². The van der Waals surface area contributed by atoms with Crippen LogP contribution in [0.4, 0.5) is 28.8 Å². The SMILES string of the molecule is Cc1cc(Nc2ncc(Cl)c(Nc3ccccc3S(=O)(=O)C(C)C)n2)c(OC(C)C)cc1C1CCN(CCC(=O)NCCOCCOCCNc2cccc3c2C(=O)N(C2CCC(=O)NC2=O)C3=O)CC1. The molecule has 3 aromatic carbocycles. The minimum atomic E-state index is -3.59. The summed E-state index contributed by atoms with van der Waals surface area (Å²) in [7, 11) is -3.59. The van der Waals surface area contributed by atoms with Gasteiger partial charge in [0.1, 0.15) is 16.8 Å². The van der Waals surface area contributed by atoms with Crippen LogP contribution in [0.2, 0.25) is 5.02 Å². The van der Waals surface area contributed by atoms with Crippen molar-refractivity contribution in [3.05, 3.63) is 88.1 Å². The number of likely N-dealkylation sites (tertiary alicyclic amines) is 1. The minimum absolute atomic E-state index is 0.0447. The number of hydrogen-bond acceptors (Lipinski definition) is 16. The van der Waals surface area contributed by atoms with Crippen LogP contribution in [0.15, 0.2) is 65.7 Å². The largest absolute Gasteiger partial charge is 0.489 e. The Hall–Kier alpha value is -6.19. The highest BCUT2D eigenvalue weighted by Gasteiger charge is 2.45. The summed E-state index contributed by atoms with van der Waals surface area (Å²) in [4.78, 5) is 75.5. The maximum absolute atomic E-state index is 13.3. The van der Waals surface area contributed by atoms with Crippen molar-refractivity contribution in [1.82, 2.24) is 30.4 Å². The van der Waals surface area contributed by atoms with Crippen molar-refractivity contribution in [1.29, 1.82) is 0 Å². The van der Waals surface area contributed by atoms with Gasteiger partial charge in [0, 0.05) is 38.2 Å². The molecule has 7 rings (SSSR count). The van der Waals surface area contributed by atoms with Gasteiger partial charge in [-0.3, -0.25) is 34.2 Å². The fourth-order valence-electron chi connectivity index (χ4n) is 8.75. The van der Waals surface area contributed by atoms with Crippen LogP contribution in [0.25, 0.3) is 0 Å². The first-order valence-electron chi connectivity index (χ1n) is 24.0. The average Bonchev–Trinajstić information content (AvgIpc) is 3.59. The molecule has 21 heteroatoms. The summed E-state index contributed by atoms with van der Waals surface area (Å²) >= 11 is 6.51. The molecule has 71 heavy (non-hydrogen) atoms. The third-order valence-corrected chi connectivity index (χ3v) is 14.9. The van der Waals surface area contributed by atoms with Crippen molar-refractivity contribution in [2.45, 2.75) is 94.9 Å². The molecule has 3 aliphatic heterocycles. The standard InChI is InChI=1S/C50H62ClN9O10S/c1-30(2)70-41-28-35(32(5)27-39(41)56-50-54-29-36(51)46(58-50)55-37-10-6-7-12-42(37)71(66,67)31(3)4)33-15-20-59(21-16-33)22-17-43(61)53-19-24-69-26-25-68-23-18-52-38-11-8-9-34-45(38)49(65)60(48(34)64)40-13-14-44(62)57-47(40)63/h6-12,27-31,33,40,52H,13-26H2,1-5H3,(H,53,61)(H,57,62,63)(H2,54,55,56,58). The zero-order valence-electron chi connectivity index (χ0n) is 40.6. The molecular formula is C50H62ClN9O10S. The maximum atomic E-state index is 13.3. The van der Waals surface area contributed by atoms with Gasteiger partial charge in [0.25, 0.3) is 11.8 Å². The third-order valence-electron chi connectivity index (χ3n) is 12.4. The van der Waals surface area contributed by atoms with E-state index in [1.165, 1.54) is 11.8 Å². The number of rotatable bonds is 23. The van der Waals surface area contributed by atoms with Gasteiger partial charge in [-0.15, -0.1) is 0 Å². The van der Waals surface area contributed by atoms with E-state index in [2.05, 4.69) is 54.4 Å². The number of anilines is 5. The normalized spacial score (nSPS) is 16.6. The Bertz CT molecular complexity index is 2730. The Morgan fingerprint density at radius 3 is 2.31 bits per heavy atom. The summed E-state index contributed by atoms with van der Waals surface area (Å²) in [5.74, 6) is -0.831. The first-order chi connectivity index (χ1) is 34.0. The Morgan fingerprint density at radius 2 is 1.59 bits per heavy atom. The molecular weight excluding hydrogens is 954 g/mol. The number of aromatic nitrogens is 2. The van der Waals surface area contributed by atoms with E-state index in [-0.39, 0.29) is 57.7 Å². The van der Waals surface area contributed by atoms with Crippen molar-refractivity contribution in [2.75, 3.05) is 75.1 Å². The van der Waals surface area contributed by atoms with Crippen LogP contribution in [-0.2, 0) is 33.7 Å². The molecule has 1 aromatic heterocycles. The molecule has 5 amide bonds. The summed E-state index contributed by atoms with van der Waals surface area (Å²) in [6.07, 6.45) is 3.70. The molecule has 4 heterocycles. The molecule has 2 fully saturated rings.